The quantitative estimate of drug-likeness (QED) is 0.855. The fraction of sp³-hybridized carbons (Fsp3) is 0.667. The van der Waals surface area contributed by atoms with E-state index in [2.05, 4.69) is 4.98 Å². The van der Waals surface area contributed by atoms with E-state index in [4.69, 9.17) is 9.47 Å². The molecule has 126 valence electrons. The number of hydrogen-bond acceptors (Lipinski definition) is 4. The Morgan fingerprint density at radius 2 is 2.30 bits per heavy atom. The van der Waals surface area contributed by atoms with Crippen molar-refractivity contribution in [3.63, 3.8) is 0 Å². The first-order valence-electron chi connectivity index (χ1n) is 8.57. The maximum atomic E-state index is 12.5. The number of aryl methyl sites for hydroxylation is 2. The summed E-state index contributed by atoms with van der Waals surface area (Å²) in [6.07, 6.45) is 4.09. The van der Waals surface area contributed by atoms with Crippen LogP contribution in [0.4, 0.5) is 0 Å². The molecule has 2 fully saturated rings. The molecule has 0 aromatic carbocycles. The van der Waals surface area contributed by atoms with Crippen molar-refractivity contribution in [1.29, 1.82) is 0 Å². The van der Waals surface area contributed by atoms with Crippen molar-refractivity contribution in [2.45, 2.75) is 39.5 Å². The van der Waals surface area contributed by atoms with Gasteiger partial charge in [0.2, 0.25) is 0 Å². The second-order valence-electron chi connectivity index (χ2n) is 6.76. The van der Waals surface area contributed by atoms with Crippen LogP contribution < -0.4 is 4.74 Å². The Balaban J connectivity index is 1.59. The molecule has 5 nitrogen and oxygen atoms in total. The molecule has 2 saturated heterocycles. The van der Waals surface area contributed by atoms with E-state index in [1.54, 1.807) is 0 Å². The lowest BCUT2D eigenvalue weighted by molar-refractivity contribution is -0.137. The summed E-state index contributed by atoms with van der Waals surface area (Å²) >= 11 is 0. The van der Waals surface area contributed by atoms with Crippen LogP contribution in [-0.2, 0) is 16.0 Å². The fourth-order valence-corrected chi connectivity index (χ4v) is 3.61. The number of pyridine rings is 1. The Kier molecular flexibility index (Phi) is 4.85. The lowest BCUT2D eigenvalue weighted by atomic mass is 9.79. The van der Waals surface area contributed by atoms with Gasteiger partial charge in [-0.15, -0.1) is 0 Å². The molecule has 1 spiro atoms. The van der Waals surface area contributed by atoms with Gasteiger partial charge in [-0.1, -0.05) is 6.92 Å². The van der Waals surface area contributed by atoms with Gasteiger partial charge in [-0.3, -0.25) is 9.78 Å². The summed E-state index contributed by atoms with van der Waals surface area (Å²) in [5.41, 5.74) is 2.07. The molecule has 5 heteroatoms. The number of rotatable bonds is 4. The zero-order valence-corrected chi connectivity index (χ0v) is 14.1. The lowest BCUT2D eigenvalue weighted by Crippen LogP contribution is -2.48. The van der Waals surface area contributed by atoms with Crippen LogP contribution in [0.3, 0.4) is 0 Å². The van der Waals surface area contributed by atoms with Gasteiger partial charge in [-0.2, -0.15) is 0 Å². The maximum absolute atomic E-state index is 12.5. The van der Waals surface area contributed by atoms with Gasteiger partial charge in [-0.05, 0) is 44.7 Å². The highest BCUT2D eigenvalue weighted by Crippen LogP contribution is 2.37. The van der Waals surface area contributed by atoms with Crippen LogP contribution in [0.15, 0.2) is 12.1 Å². The van der Waals surface area contributed by atoms with Crippen LogP contribution in [0.5, 0.6) is 5.75 Å². The average Bonchev–Trinajstić information content (AvgIpc) is 3.00. The van der Waals surface area contributed by atoms with Crippen molar-refractivity contribution >= 4 is 5.91 Å². The van der Waals surface area contributed by atoms with Crippen molar-refractivity contribution in [1.82, 2.24) is 9.88 Å². The van der Waals surface area contributed by atoms with Gasteiger partial charge >= 0.3 is 0 Å². The lowest BCUT2D eigenvalue weighted by Gasteiger charge is -2.39. The van der Waals surface area contributed by atoms with E-state index in [1.165, 1.54) is 6.42 Å². The standard InChI is InChI=1S/C18H26N2O3/c1-3-15-16(6-5-14(2)19-15)23-11-17(21)20-9-4-7-18(12-20)8-10-22-13-18/h5-6H,3-4,7-13H2,1-2H3/t18-/m0/s1. The van der Waals surface area contributed by atoms with Gasteiger partial charge in [0.1, 0.15) is 5.75 Å². The van der Waals surface area contributed by atoms with Crippen LogP contribution in [-0.4, -0.2) is 48.7 Å². The summed E-state index contributed by atoms with van der Waals surface area (Å²) < 4.78 is 11.3. The normalized spacial score (nSPS) is 24.2. The molecule has 1 amide bonds. The van der Waals surface area contributed by atoms with Gasteiger partial charge < -0.3 is 14.4 Å². The molecular formula is C18H26N2O3. The number of carbonyl (C=O) groups excluding carboxylic acids is 1. The first kappa shape index (κ1) is 16.2. The van der Waals surface area contributed by atoms with Crippen LogP contribution >= 0.6 is 0 Å². The third-order valence-corrected chi connectivity index (χ3v) is 4.96. The molecule has 3 heterocycles. The summed E-state index contributed by atoms with van der Waals surface area (Å²) in [6.45, 7) is 7.36. The van der Waals surface area contributed by atoms with E-state index in [-0.39, 0.29) is 17.9 Å². The Bertz CT molecular complexity index is 567. The molecule has 0 N–H and O–H groups in total. The zero-order chi connectivity index (χ0) is 16.3. The SMILES string of the molecule is CCc1nc(C)ccc1OCC(=O)N1CCC[C@]2(CCOC2)C1. The number of aromatic nitrogens is 1. The van der Waals surface area contributed by atoms with Crippen LogP contribution in [0.25, 0.3) is 0 Å². The van der Waals surface area contributed by atoms with Crippen molar-refractivity contribution < 1.29 is 14.3 Å². The molecule has 1 atom stereocenters. The van der Waals surface area contributed by atoms with Crippen LogP contribution in [0, 0.1) is 12.3 Å². The molecule has 1 aromatic heterocycles. The molecule has 23 heavy (non-hydrogen) atoms. The highest BCUT2D eigenvalue weighted by molar-refractivity contribution is 5.78. The van der Waals surface area contributed by atoms with Crippen molar-refractivity contribution in [3.8, 4) is 5.75 Å². The monoisotopic (exact) mass is 318 g/mol. The van der Waals surface area contributed by atoms with Gasteiger partial charge in [0.15, 0.2) is 6.61 Å². The number of piperidine rings is 1. The highest BCUT2D eigenvalue weighted by atomic mass is 16.5. The zero-order valence-electron chi connectivity index (χ0n) is 14.1. The molecule has 2 aliphatic rings. The minimum atomic E-state index is 0.0682. The van der Waals surface area contributed by atoms with Gasteiger partial charge in [0.25, 0.3) is 5.91 Å². The number of nitrogens with zero attached hydrogens (tertiary/aromatic N) is 2. The molecule has 0 saturated carbocycles. The number of likely N-dealkylation sites (tertiary alicyclic amines) is 1. The second-order valence-corrected chi connectivity index (χ2v) is 6.76. The van der Waals surface area contributed by atoms with E-state index in [1.807, 2.05) is 30.9 Å². The van der Waals surface area contributed by atoms with Crippen molar-refractivity contribution in [2.75, 3.05) is 32.9 Å². The van der Waals surface area contributed by atoms with Gasteiger partial charge in [0.05, 0.1) is 12.3 Å². The van der Waals surface area contributed by atoms with E-state index in [0.717, 1.165) is 62.7 Å². The first-order chi connectivity index (χ1) is 11.1. The molecule has 0 radical (unpaired) electrons. The molecular weight excluding hydrogens is 292 g/mol. The van der Waals surface area contributed by atoms with Gasteiger partial charge in [0, 0.05) is 30.8 Å². The predicted octanol–water partition coefficient (Wildman–Crippen LogP) is 2.36. The number of hydrogen-bond donors (Lipinski definition) is 0. The predicted molar refractivity (Wildman–Crippen MR) is 87.5 cm³/mol. The van der Waals surface area contributed by atoms with E-state index < -0.39 is 0 Å². The highest BCUT2D eigenvalue weighted by Gasteiger charge is 2.40. The third kappa shape index (κ3) is 3.66. The number of ether oxygens (including phenoxy) is 2. The molecule has 3 rings (SSSR count). The van der Waals surface area contributed by atoms with E-state index in [0.29, 0.717) is 0 Å². The largest absolute Gasteiger partial charge is 0.482 e. The second kappa shape index (κ2) is 6.87. The molecule has 2 aliphatic heterocycles. The van der Waals surface area contributed by atoms with Gasteiger partial charge in [-0.25, -0.2) is 0 Å². The van der Waals surface area contributed by atoms with Crippen LogP contribution in [0.1, 0.15) is 37.6 Å². The Morgan fingerprint density at radius 1 is 1.43 bits per heavy atom. The number of carbonyl (C=O) groups is 1. The minimum Gasteiger partial charge on any atom is -0.482 e. The summed E-state index contributed by atoms with van der Waals surface area (Å²) in [5, 5.41) is 0. The summed E-state index contributed by atoms with van der Waals surface area (Å²) in [5.74, 6) is 0.793. The topological polar surface area (TPSA) is 51.7 Å². The Morgan fingerprint density at radius 3 is 3.04 bits per heavy atom. The van der Waals surface area contributed by atoms with E-state index in [9.17, 15) is 4.79 Å². The summed E-state index contributed by atoms with van der Waals surface area (Å²) in [4.78, 5) is 18.9. The summed E-state index contributed by atoms with van der Waals surface area (Å²) in [7, 11) is 0. The minimum absolute atomic E-state index is 0.0682. The Hall–Kier alpha value is -1.62. The van der Waals surface area contributed by atoms with E-state index >= 15 is 0 Å². The molecule has 0 aliphatic carbocycles. The fourth-order valence-electron chi connectivity index (χ4n) is 3.61. The number of amides is 1. The molecule has 0 unspecified atom stereocenters. The smallest absolute Gasteiger partial charge is 0.260 e. The Labute approximate surface area is 138 Å². The maximum Gasteiger partial charge on any atom is 0.260 e. The summed E-state index contributed by atoms with van der Waals surface area (Å²) in [6, 6.07) is 3.83. The van der Waals surface area contributed by atoms with Crippen LogP contribution in [0.2, 0.25) is 0 Å². The van der Waals surface area contributed by atoms with Crippen molar-refractivity contribution in [2.24, 2.45) is 5.41 Å². The molecule has 0 bridgehead atoms. The molecule has 1 aromatic rings. The van der Waals surface area contributed by atoms with Crippen molar-refractivity contribution in [3.05, 3.63) is 23.5 Å². The third-order valence-electron chi connectivity index (χ3n) is 4.96. The average molecular weight is 318 g/mol. The first-order valence-corrected chi connectivity index (χ1v) is 8.57.